The lowest BCUT2D eigenvalue weighted by Crippen LogP contribution is -2.35. The van der Waals surface area contributed by atoms with Gasteiger partial charge in [0.1, 0.15) is 5.69 Å². The van der Waals surface area contributed by atoms with Gasteiger partial charge in [-0.1, -0.05) is 66.2 Å². The smallest absolute Gasteiger partial charge is 0.227 e. The number of benzene rings is 2. The Kier molecular flexibility index (Phi) is 12.9. The van der Waals surface area contributed by atoms with Gasteiger partial charge in [0.15, 0.2) is 0 Å². The number of nitrogens with zero attached hydrogens (tertiary/aromatic N) is 7. The zero-order valence-corrected chi connectivity index (χ0v) is 32.9. The van der Waals surface area contributed by atoms with Gasteiger partial charge < -0.3 is 19.7 Å². The monoisotopic (exact) mass is 726 g/mol. The van der Waals surface area contributed by atoms with Crippen LogP contribution in [0, 0.1) is 6.92 Å². The molecule has 2 aromatic carbocycles. The van der Waals surface area contributed by atoms with E-state index in [1.165, 1.54) is 0 Å². The third-order valence-corrected chi connectivity index (χ3v) is 10.1. The molecule has 0 bridgehead atoms. The number of aryl methyl sites for hydroxylation is 2. The van der Waals surface area contributed by atoms with Crippen molar-refractivity contribution in [2.75, 3.05) is 24.7 Å². The number of para-hydroxylation sites is 1. The molecule has 2 aromatic heterocycles. The first-order valence-corrected chi connectivity index (χ1v) is 19.1. The fraction of sp³-hybridized carbons (Fsp3) is 0.561. The lowest BCUT2D eigenvalue weighted by atomic mass is 9.95. The molecule has 1 aliphatic rings. The maximum atomic E-state index is 14.0. The van der Waals surface area contributed by atoms with Gasteiger partial charge in [-0.2, -0.15) is 0 Å². The quantitative estimate of drug-likeness (QED) is 0.106. The average molecular weight is 727 g/mol. The molecule has 0 aliphatic carbocycles. The van der Waals surface area contributed by atoms with Gasteiger partial charge in [0.25, 0.3) is 0 Å². The highest BCUT2D eigenvalue weighted by Gasteiger charge is 2.31. The Hall–Kier alpha value is -4.42. The summed E-state index contributed by atoms with van der Waals surface area (Å²) in [7, 11) is 0. The lowest BCUT2D eigenvalue weighted by molar-refractivity contribution is -0.125. The summed E-state index contributed by atoms with van der Waals surface area (Å²) in [4.78, 5) is 28.7. The molecule has 0 atom stereocenters. The van der Waals surface area contributed by atoms with Crippen LogP contribution in [0.2, 0.25) is 0 Å². The van der Waals surface area contributed by atoms with E-state index in [-0.39, 0.29) is 35.8 Å². The molecule has 1 aliphatic heterocycles. The van der Waals surface area contributed by atoms with E-state index in [4.69, 9.17) is 14.6 Å². The van der Waals surface area contributed by atoms with Gasteiger partial charge in [0, 0.05) is 56.5 Å². The number of hydrogen-bond acceptors (Lipinski definition) is 8. The number of amides is 2. The van der Waals surface area contributed by atoms with E-state index in [2.05, 4.69) is 55.5 Å². The topological polar surface area (TPSA) is 129 Å². The second-order valence-corrected chi connectivity index (χ2v) is 16.0. The summed E-state index contributed by atoms with van der Waals surface area (Å²) in [5.74, 6) is -0.262. The number of ether oxygens (including phenoxy) is 2. The summed E-state index contributed by atoms with van der Waals surface area (Å²) in [6.45, 7) is 19.3. The number of rotatable bonds is 18. The SMILES string of the molecule is CCCCOC(C)(C)CCNC(=O)CCC(=O)N1Cc2ccccc2-c2nnn(CCC(C)(C)OCCC(C)(C)n3cc(C)nn3)c2-c2ccccc21. The third-order valence-electron chi connectivity index (χ3n) is 10.1. The Morgan fingerprint density at radius 1 is 0.830 bits per heavy atom. The molecule has 0 saturated heterocycles. The van der Waals surface area contributed by atoms with Crippen LogP contribution in [0.1, 0.15) is 105 Å². The molecule has 0 spiro atoms. The Morgan fingerprint density at radius 2 is 1.53 bits per heavy atom. The number of aromatic nitrogens is 6. The van der Waals surface area contributed by atoms with E-state index in [0.717, 1.165) is 58.7 Å². The molecule has 4 aromatic rings. The minimum absolute atomic E-state index is 0.0853. The Balaban J connectivity index is 1.29. The summed E-state index contributed by atoms with van der Waals surface area (Å²) in [6, 6.07) is 15.9. The van der Waals surface area contributed by atoms with Gasteiger partial charge in [0.2, 0.25) is 11.8 Å². The number of hydrogen-bond donors (Lipinski definition) is 1. The number of fused-ring (bicyclic) bond motifs is 5. The highest BCUT2D eigenvalue weighted by molar-refractivity contribution is 6.01. The summed E-state index contributed by atoms with van der Waals surface area (Å²) in [6.07, 6.45) is 6.40. The van der Waals surface area contributed by atoms with E-state index in [1.54, 1.807) is 4.90 Å². The van der Waals surface area contributed by atoms with E-state index in [9.17, 15) is 9.59 Å². The number of anilines is 1. The van der Waals surface area contributed by atoms with Crippen LogP contribution in [0.4, 0.5) is 5.69 Å². The Labute approximate surface area is 314 Å². The van der Waals surface area contributed by atoms with Crippen molar-refractivity contribution in [2.24, 2.45) is 0 Å². The number of carbonyl (C=O) groups is 2. The van der Waals surface area contributed by atoms with Crippen molar-refractivity contribution < 1.29 is 19.1 Å². The molecule has 0 radical (unpaired) electrons. The van der Waals surface area contributed by atoms with Crippen molar-refractivity contribution in [3.63, 3.8) is 0 Å². The first kappa shape index (κ1) is 39.8. The van der Waals surface area contributed by atoms with Crippen molar-refractivity contribution >= 4 is 17.5 Å². The minimum Gasteiger partial charge on any atom is -0.376 e. The summed E-state index contributed by atoms with van der Waals surface area (Å²) < 4.78 is 16.3. The van der Waals surface area contributed by atoms with Crippen molar-refractivity contribution in [3.8, 4) is 22.5 Å². The summed E-state index contributed by atoms with van der Waals surface area (Å²) in [5, 5.41) is 20.8. The number of nitrogens with one attached hydrogen (secondary N) is 1. The van der Waals surface area contributed by atoms with Crippen LogP contribution in [0.5, 0.6) is 0 Å². The van der Waals surface area contributed by atoms with Gasteiger partial charge in [-0.05, 0) is 85.8 Å². The van der Waals surface area contributed by atoms with E-state index in [0.29, 0.717) is 45.7 Å². The normalized spacial score (nSPS) is 13.2. The average Bonchev–Trinajstić information content (AvgIpc) is 3.74. The van der Waals surface area contributed by atoms with E-state index in [1.807, 2.05) is 84.9 Å². The summed E-state index contributed by atoms with van der Waals surface area (Å²) >= 11 is 0. The second-order valence-electron chi connectivity index (χ2n) is 16.0. The molecule has 5 rings (SSSR count). The molecule has 12 nitrogen and oxygen atoms in total. The van der Waals surface area contributed by atoms with E-state index < -0.39 is 5.60 Å². The number of carbonyl (C=O) groups excluding carboxylic acids is 2. The molecule has 0 unspecified atom stereocenters. The van der Waals surface area contributed by atoms with Crippen LogP contribution in [-0.2, 0) is 37.7 Å². The Bertz CT molecular complexity index is 1840. The first-order valence-electron chi connectivity index (χ1n) is 19.1. The van der Waals surface area contributed by atoms with Gasteiger partial charge in [0.05, 0.1) is 40.4 Å². The summed E-state index contributed by atoms with van der Waals surface area (Å²) in [5.41, 5.74) is 5.07. The van der Waals surface area contributed by atoms with Crippen LogP contribution in [0.15, 0.2) is 54.7 Å². The number of unbranched alkanes of at least 4 members (excludes halogenated alkanes) is 1. The molecule has 3 heterocycles. The first-order chi connectivity index (χ1) is 25.2. The van der Waals surface area contributed by atoms with Crippen molar-refractivity contribution in [1.29, 1.82) is 0 Å². The molecule has 286 valence electrons. The highest BCUT2D eigenvalue weighted by Crippen LogP contribution is 2.41. The minimum atomic E-state index is -0.438. The maximum absolute atomic E-state index is 14.0. The third kappa shape index (κ3) is 10.4. The Morgan fingerprint density at radius 3 is 2.26 bits per heavy atom. The van der Waals surface area contributed by atoms with Crippen LogP contribution in [-0.4, -0.2) is 72.8 Å². The molecule has 0 fully saturated rings. The van der Waals surface area contributed by atoms with Gasteiger partial charge in [-0.25, -0.2) is 9.36 Å². The van der Waals surface area contributed by atoms with Crippen LogP contribution in [0.25, 0.3) is 22.5 Å². The van der Waals surface area contributed by atoms with Crippen molar-refractivity contribution in [3.05, 3.63) is 66.0 Å². The van der Waals surface area contributed by atoms with Crippen LogP contribution < -0.4 is 10.2 Å². The van der Waals surface area contributed by atoms with Crippen LogP contribution in [0.3, 0.4) is 0 Å². The van der Waals surface area contributed by atoms with Gasteiger partial charge in [-0.15, -0.1) is 10.2 Å². The van der Waals surface area contributed by atoms with E-state index >= 15 is 0 Å². The molecule has 1 N–H and O–H groups in total. The molecule has 12 heteroatoms. The molecule has 2 amide bonds. The maximum Gasteiger partial charge on any atom is 0.227 e. The standard InChI is InChI=1S/C41H58N8O4/c1-9-10-26-52-40(5,6)21-24-42-35(50)19-20-36(51)47-29-31-15-11-12-16-32(31)37-38(33-17-13-14-18-34(33)47)48(45-44-37)25-22-41(7,8)53-27-23-39(3,4)49-28-30(2)43-46-49/h11-18,28H,9-10,19-27,29H2,1-8H3,(H,42,50). The highest BCUT2D eigenvalue weighted by atomic mass is 16.5. The van der Waals surface area contributed by atoms with Crippen molar-refractivity contribution in [2.45, 2.75) is 130 Å². The predicted octanol–water partition coefficient (Wildman–Crippen LogP) is 7.25. The zero-order chi connectivity index (χ0) is 38.2. The predicted molar refractivity (Wildman–Crippen MR) is 207 cm³/mol. The van der Waals surface area contributed by atoms with Gasteiger partial charge in [-0.3, -0.25) is 9.59 Å². The van der Waals surface area contributed by atoms with Crippen LogP contribution >= 0.6 is 0 Å². The molecule has 0 saturated carbocycles. The fourth-order valence-electron chi connectivity index (χ4n) is 6.49. The second kappa shape index (κ2) is 17.2. The van der Waals surface area contributed by atoms with Crippen molar-refractivity contribution in [1.82, 2.24) is 35.3 Å². The van der Waals surface area contributed by atoms with Gasteiger partial charge >= 0.3 is 0 Å². The molecule has 53 heavy (non-hydrogen) atoms. The zero-order valence-electron chi connectivity index (χ0n) is 32.9. The molecular formula is C41H58N8O4. The lowest BCUT2D eigenvalue weighted by Gasteiger charge is -2.30. The fourth-order valence-corrected chi connectivity index (χ4v) is 6.49. The molecular weight excluding hydrogens is 669 g/mol. The largest absolute Gasteiger partial charge is 0.376 e.